The van der Waals surface area contributed by atoms with Crippen LogP contribution in [0.5, 0.6) is 0 Å². The molecule has 1 atom stereocenters. The van der Waals surface area contributed by atoms with Gasteiger partial charge in [-0.3, -0.25) is 5.32 Å². The Morgan fingerprint density at radius 3 is 3.06 bits per heavy atom. The predicted molar refractivity (Wildman–Crippen MR) is 54.7 cm³/mol. The van der Waals surface area contributed by atoms with E-state index in [-0.39, 0.29) is 0 Å². The summed E-state index contributed by atoms with van der Waals surface area (Å²) in [6.07, 6.45) is -1.63. The van der Waals surface area contributed by atoms with E-state index in [0.717, 1.165) is 11.1 Å². The molecule has 1 aliphatic heterocycles. The number of nitrogens with one attached hydrogen (secondary N) is 1. The summed E-state index contributed by atoms with van der Waals surface area (Å²) >= 11 is 0. The fraction of sp³-hybridized carbons (Fsp3) is 0.364. The number of carbonyl (C=O) groups is 1. The molecule has 1 aromatic carbocycles. The van der Waals surface area contributed by atoms with Gasteiger partial charge in [0.25, 0.3) is 0 Å². The number of carboxylic acid groups (broad SMARTS) is 1. The third kappa shape index (κ3) is 1.86. The summed E-state index contributed by atoms with van der Waals surface area (Å²) in [4.78, 5) is 10.5. The first kappa shape index (κ1) is 10.9. The smallest absolute Gasteiger partial charge is 0.450 e. The number of rotatable bonds is 1. The van der Waals surface area contributed by atoms with Gasteiger partial charge < -0.3 is 9.84 Å². The summed E-state index contributed by atoms with van der Waals surface area (Å²) < 4.78 is 18.3. The molecule has 0 amide bonds. The van der Waals surface area contributed by atoms with Crippen LogP contribution in [0.2, 0.25) is 0 Å². The number of aryl methyl sites for hydroxylation is 1. The predicted octanol–water partition coefficient (Wildman–Crippen LogP) is 1.97. The molecule has 2 N–H and O–H groups in total. The first-order chi connectivity index (χ1) is 7.59. The molecule has 1 aromatic rings. The van der Waals surface area contributed by atoms with Crippen LogP contribution in [0.4, 0.5) is 9.18 Å². The van der Waals surface area contributed by atoms with Gasteiger partial charge in [-0.2, -0.15) is 0 Å². The quantitative estimate of drug-likeness (QED) is 0.717. The van der Waals surface area contributed by atoms with Crippen LogP contribution < -0.4 is 5.32 Å². The average molecular weight is 225 g/mol. The number of hydrogen-bond acceptors (Lipinski definition) is 3. The Morgan fingerprint density at radius 2 is 2.38 bits per heavy atom. The van der Waals surface area contributed by atoms with Crippen molar-refractivity contribution in [2.75, 3.05) is 6.54 Å². The second kappa shape index (κ2) is 4.09. The minimum Gasteiger partial charge on any atom is -0.450 e. The van der Waals surface area contributed by atoms with Gasteiger partial charge in [-0.05, 0) is 30.5 Å². The van der Waals surface area contributed by atoms with Gasteiger partial charge in [0.05, 0.1) is 0 Å². The average Bonchev–Trinajstić information content (AvgIpc) is 2.23. The molecule has 86 valence electrons. The van der Waals surface area contributed by atoms with E-state index in [1.807, 2.05) is 6.92 Å². The first-order valence-electron chi connectivity index (χ1n) is 5.00. The Hall–Kier alpha value is -1.62. The maximum Gasteiger partial charge on any atom is 0.507 e. The van der Waals surface area contributed by atoms with Crippen LogP contribution in [0.1, 0.15) is 22.9 Å². The molecule has 5 heteroatoms. The minimum absolute atomic E-state index is 0.314. The zero-order valence-corrected chi connectivity index (χ0v) is 8.79. The Labute approximate surface area is 92.0 Å². The van der Waals surface area contributed by atoms with Crippen molar-refractivity contribution in [1.29, 1.82) is 0 Å². The van der Waals surface area contributed by atoms with Crippen molar-refractivity contribution in [1.82, 2.24) is 5.32 Å². The highest BCUT2D eigenvalue weighted by atomic mass is 19.1. The van der Waals surface area contributed by atoms with Gasteiger partial charge in [0.1, 0.15) is 5.82 Å². The van der Waals surface area contributed by atoms with Crippen molar-refractivity contribution in [3.8, 4) is 0 Å². The van der Waals surface area contributed by atoms with Crippen LogP contribution in [0.15, 0.2) is 12.1 Å². The summed E-state index contributed by atoms with van der Waals surface area (Å²) in [5.74, 6) is -0.431. The number of hydrogen-bond donors (Lipinski definition) is 2. The second-order valence-corrected chi connectivity index (χ2v) is 3.72. The Bertz CT molecular complexity index is 433. The van der Waals surface area contributed by atoms with E-state index >= 15 is 0 Å². The van der Waals surface area contributed by atoms with Gasteiger partial charge in [-0.1, -0.05) is 6.07 Å². The summed E-state index contributed by atoms with van der Waals surface area (Å²) in [6.45, 7) is 2.46. The van der Waals surface area contributed by atoms with Gasteiger partial charge in [0.2, 0.25) is 0 Å². The van der Waals surface area contributed by atoms with Crippen molar-refractivity contribution in [2.24, 2.45) is 0 Å². The van der Waals surface area contributed by atoms with Crippen molar-refractivity contribution < 1.29 is 19.0 Å². The molecule has 1 heterocycles. The van der Waals surface area contributed by atoms with E-state index in [0.29, 0.717) is 18.5 Å². The molecule has 0 saturated carbocycles. The minimum atomic E-state index is -1.41. The molecular formula is C11H12FNO3. The molecule has 0 radical (unpaired) electrons. The third-order valence-electron chi connectivity index (χ3n) is 2.72. The van der Waals surface area contributed by atoms with E-state index in [2.05, 4.69) is 10.1 Å². The number of fused-ring (bicyclic) bond motifs is 1. The van der Waals surface area contributed by atoms with E-state index in [1.54, 1.807) is 6.07 Å². The van der Waals surface area contributed by atoms with Crippen molar-refractivity contribution >= 4 is 6.16 Å². The molecule has 2 rings (SSSR count). The maximum atomic E-state index is 13.6. The lowest BCUT2D eigenvalue weighted by atomic mass is 9.94. The number of halogens is 1. The van der Waals surface area contributed by atoms with Gasteiger partial charge in [-0.25, -0.2) is 9.18 Å². The normalized spacial score (nSPS) is 19.0. The molecule has 4 nitrogen and oxygen atoms in total. The molecule has 1 aliphatic rings. The molecule has 0 saturated heterocycles. The first-order valence-corrected chi connectivity index (χ1v) is 5.00. The number of ether oxygens (including phenoxy) is 1. The highest BCUT2D eigenvalue weighted by molar-refractivity contribution is 5.57. The molecule has 0 bridgehead atoms. The van der Waals surface area contributed by atoms with Crippen LogP contribution >= 0.6 is 0 Å². The van der Waals surface area contributed by atoms with Crippen LogP contribution in [-0.2, 0) is 11.2 Å². The standard InChI is InChI=1S/C11H12FNO3/c1-6-2-3-8(12)9-7(6)4-5-13-10(9)16-11(14)15/h2-3,10,13H,4-5H2,1H3,(H,14,15). The van der Waals surface area contributed by atoms with Crippen molar-refractivity contribution in [3.63, 3.8) is 0 Å². The van der Waals surface area contributed by atoms with E-state index in [9.17, 15) is 9.18 Å². The van der Waals surface area contributed by atoms with Gasteiger partial charge in [0, 0.05) is 12.1 Å². The SMILES string of the molecule is Cc1ccc(F)c2c1CCNC2OC(=O)O. The molecule has 0 spiro atoms. The summed E-state index contributed by atoms with van der Waals surface area (Å²) in [5, 5.41) is 11.4. The topological polar surface area (TPSA) is 58.6 Å². The second-order valence-electron chi connectivity index (χ2n) is 3.72. The zero-order valence-electron chi connectivity index (χ0n) is 8.79. The molecule has 0 fully saturated rings. The van der Waals surface area contributed by atoms with Crippen LogP contribution in [0.25, 0.3) is 0 Å². The van der Waals surface area contributed by atoms with Crippen molar-refractivity contribution in [3.05, 3.63) is 34.6 Å². The highest BCUT2D eigenvalue weighted by Gasteiger charge is 2.27. The van der Waals surface area contributed by atoms with Crippen LogP contribution in [-0.4, -0.2) is 17.8 Å². The van der Waals surface area contributed by atoms with Gasteiger partial charge >= 0.3 is 6.16 Å². The summed E-state index contributed by atoms with van der Waals surface area (Å²) in [6, 6.07) is 3.02. The van der Waals surface area contributed by atoms with Crippen LogP contribution in [0, 0.1) is 12.7 Å². The van der Waals surface area contributed by atoms with Gasteiger partial charge in [0.15, 0.2) is 6.23 Å². The fourth-order valence-corrected chi connectivity index (χ4v) is 1.99. The summed E-state index contributed by atoms with van der Waals surface area (Å²) in [5.41, 5.74) is 2.11. The molecule has 16 heavy (non-hydrogen) atoms. The van der Waals surface area contributed by atoms with E-state index in [4.69, 9.17) is 5.11 Å². The van der Waals surface area contributed by atoms with E-state index < -0.39 is 18.2 Å². The third-order valence-corrected chi connectivity index (χ3v) is 2.72. The lowest BCUT2D eigenvalue weighted by Gasteiger charge is -2.27. The maximum absolute atomic E-state index is 13.6. The Balaban J connectivity index is 2.44. The molecule has 0 aromatic heterocycles. The Morgan fingerprint density at radius 1 is 1.62 bits per heavy atom. The molecular weight excluding hydrogens is 213 g/mol. The fourth-order valence-electron chi connectivity index (χ4n) is 1.99. The monoisotopic (exact) mass is 225 g/mol. The molecule has 0 aliphatic carbocycles. The van der Waals surface area contributed by atoms with E-state index in [1.165, 1.54) is 6.07 Å². The van der Waals surface area contributed by atoms with Crippen molar-refractivity contribution in [2.45, 2.75) is 19.6 Å². The van der Waals surface area contributed by atoms with Crippen LogP contribution in [0.3, 0.4) is 0 Å². The Kier molecular flexibility index (Phi) is 2.78. The number of benzene rings is 1. The largest absolute Gasteiger partial charge is 0.507 e. The highest BCUT2D eigenvalue weighted by Crippen LogP contribution is 2.28. The van der Waals surface area contributed by atoms with Gasteiger partial charge in [-0.15, -0.1) is 0 Å². The lowest BCUT2D eigenvalue weighted by Crippen LogP contribution is -2.34. The molecule has 1 unspecified atom stereocenters. The lowest BCUT2D eigenvalue weighted by molar-refractivity contribution is 0.0315. The summed E-state index contributed by atoms with van der Waals surface area (Å²) in [7, 11) is 0. The zero-order chi connectivity index (χ0) is 11.7.